The van der Waals surface area contributed by atoms with Gasteiger partial charge in [-0.2, -0.15) is 0 Å². The Labute approximate surface area is 129 Å². The fourth-order valence-electron chi connectivity index (χ4n) is 1.95. The van der Waals surface area contributed by atoms with Crippen LogP contribution in [-0.4, -0.2) is 12.0 Å². The van der Waals surface area contributed by atoms with E-state index in [0.717, 1.165) is 5.56 Å². The molecular weight excluding hydrogens is 286 g/mol. The number of hydrogen-bond acceptors (Lipinski definition) is 2. The highest BCUT2D eigenvalue weighted by atomic mass is 35.5. The van der Waals surface area contributed by atoms with E-state index in [1.165, 1.54) is 5.56 Å². The van der Waals surface area contributed by atoms with Crippen molar-refractivity contribution in [2.24, 2.45) is 0 Å². The van der Waals surface area contributed by atoms with Crippen LogP contribution in [0.1, 0.15) is 18.1 Å². The van der Waals surface area contributed by atoms with Gasteiger partial charge in [0.2, 0.25) is 0 Å². The lowest BCUT2D eigenvalue weighted by Crippen LogP contribution is -2.35. The second-order valence-corrected chi connectivity index (χ2v) is 5.36. The van der Waals surface area contributed by atoms with E-state index in [9.17, 15) is 4.79 Å². The summed E-state index contributed by atoms with van der Waals surface area (Å²) in [4.78, 5) is 12.0. The second-order valence-electron chi connectivity index (χ2n) is 4.92. The van der Waals surface area contributed by atoms with Gasteiger partial charge < -0.3 is 10.1 Å². The Morgan fingerprint density at radius 1 is 1.24 bits per heavy atom. The van der Waals surface area contributed by atoms with E-state index >= 15 is 0 Å². The van der Waals surface area contributed by atoms with Gasteiger partial charge >= 0.3 is 0 Å². The van der Waals surface area contributed by atoms with Gasteiger partial charge in [0.05, 0.1) is 0 Å². The highest BCUT2D eigenvalue weighted by Crippen LogP contribution is 2.18. The van der Waals surface area contributed by atoms with Gasteiger partial charge in [0.25, 0.3) is 5.91 Å². The molecule has 0 heterocycles. The third kappa shape index (κ3) is 4.80. The molecule has 0 aliphatic heterocycles. The second kappa shape index (κ2) is 7.14. The number of aryl methyl sites for hydroxylation is 1. The minimum atomic E-state index is -0.576. The van der Waals surface area contributed by atoms with Gasteiger partial charge in [-0.3, -0.25) is 4.79 Å². The van der Waals surface area contributed by atoms with E-state index in [1.54, 1.807) is 31.2 Å². The zero-order valence-corrected chi connectivity index (χ0v) is 12.9. The summed E-state index contributed by atoms with van der Waals surface area (Å²) in [6.07, 6.45) is -0.576. The number of carbonyl (C=O) groups excluding carboxylic acids is 1. The zero-order valence-electron chi connectivity index (χ0n) is 12.1. The van der Waals surface area contributed by atoms with Crippen molar-refractivity contribution in [1.29, 1.82) is 0 Å². The number of ether oxygens (including phenoxy) is 1. The first kappa shape index (κ1) is 15.4. The Hall–Kier alpha value is -2.00. The van der Waals surface area contributed by atoms with Crippen LogP contribution >= 0.6 is 11.6 Å². The van der Waals surface area contributed by atoms with Crippen molar-refractivity contribution in [3.8, 4) is 5.75 Å². The molecule has 2 aromatic carbocycles. The smallest absolute Gasteiger partial charge is 0.261 e. The van der Waals surface area contributed by atoms with Crippen LogP contribution in [0.3, 0.4) is 0 Å². The molecule has 4 heteroatoms. The summed E-state index contributed by atoms with van der Waals surface area (Å²) in [6, 6.07) is 15.0. The molecule has 0 aliphatic rings. The summed E-state index contributed by atoms with van der Waals surface area (Å²) in [7, 11) is 0. The van der Waals surface area contributed by atoms with E-state index in [2.05, 4.69) is 5.32 Å². The highest BCUT2D eigenvalue weighted by molar-refractivity contribution is 6.30. The predicted molar refractivity (Wildman–Crippen MR) is 84.6 cm³/mol. The van der Waals surface area contributed by atoms with Crippen LogP contribution in [0.4, 0.5) is 0 Å². The van der Waals surface area contributed by atoms with Crippen molar-refractivity contribution in [1.82, 2.24) is 5.32 Å². The van der Waals surface area contributed by atoms with Crippen molar-refractivity contribution >= 4 is 17.5 Å². The summed E-state index contributed by atoms with van der Waals surface area (Å²) in [5.74, 6) is 0.428. The monoisotopic (exact) mass is 303 g/mol. The van der Waals surface area contributed by atoms with E-state index < -0.39 is 6.10 Å². The Bertz CT molecular complexity index is 628. The molecule has 110 valence electrons. The third-order valence-electron chi connectivity index (χ3n) is 3.03. The number of hydrogen-bond donors (Lipinski definition) is 1. The number of amides is 1. The molecule has 0 saturated heterocycles. The first-order valence-electron chi connectivity index (χ1n) is 6.80. The number of carbonyl (C=O) groups is 1. The van der Waals surface area contributed by atoms with Gasteiger partial charge in [0, 0.05) is 11.6 Å². The topological polar surface area (TPSA) is 38.3 Å². The first-order chi connectivity index (χ1) is 10.0. The highest BCUT2D eigenvalue weighted by Gasteiger charge is 2.14. The van der Waals surface area contributed by atoms with Gasteiger partial charge in [-0.15, -0.1) is 0 Å². The number of halogens is 1. The normalized spacial score (nSPS) is 11.8. The maximum Gasteiger partial charge on any atom is 0.261 e. The largest absolute Gasteiger partial charge is 0.481 e. The molecule has 0 aliphatic carbocycles. The summed E-state index contributed by atoms with van der Waals surface area (Å²) < 4.78 is 5.57. The van der Waals surface area contributed by atoms with Gasteiger partial charge in [-0.05, 0) is 37.6 Å². The molecule has 3 nitrogen and oxygen atoms in total. The lowest BCUT2D eigenvalue weighted by Gasteiger charge is -2.15. The number of nitrogens with one attached hydrogen (secondary N) is 1. The van der Waals surface area contributed by atoms with Crippen LogP contribution in [0.25, 0.3) is 0 Å². The molecule has 21 heavy (non-hydrogen) atoms. The van der Waals surface area contributed by atoms with E-state index in [-0.39, 0.29) is 5.91 Å². The van der Waals surface area contributed by atoms with Crippen LogP contribution in [0, 0.1) is 6.92 Å². The van der Waals surface area contributed by atoms with E-state index in [4.69, 9.17) is 16.3 Å². The van der Waals surface area contributed by atoms with E-state index in [1.807, 2.05) is 31.2 Å². The fourth-order valence-corrected chi connectivity index (χ4v) is 2.13. The SMILES string of the molecule is Cc1cccc(CNC(=O)[C@H](C)Oc2cccc(Cl)c2)c1. The third-order valence-corrected chi connectivity index (χ3v) is 3.26. The maximum absolute atomic E-state index is 12.0. The van der Waals surface area contributed by atoms with Crippen LogP contribution in [0.15, 0.2) is 48.5 Å². The fraction of sp³-hybridized carbons (Fsp3) is 0.235. The van der Waals surface area contributed by atoms with Crippen molar-refractivity contribution < 1.29 is 9.53 Å². The quantitative estimate of drug-likeness (QED) is 0.914. The van der Waals surface area contributed by atoms with Crippen LogP contribution in [0.5, 0.6) is 5.75 Å². The summed E-state index contributed by atoms with van der Waals surface area (Å²) in [6.45, 7) is 4.23. The average molecular weight is 304 g/mol. The molecule has 0 unspecified atom stereocenters. The van der Waals surface area contributed by atoms with Crippen molar-refractivity contribution in [2.45, 2.75) is 26.5 Å². The van der Waals surface area contributed by atoms with Crippen molar-refractivity contribution in [2.75, 3.05) is 0 Å². The van der Waals surface area contributed by atoms with E-state index in [0.29, 0.717) is 17.3 Å². The standard InChI is InChI=1S/C17H18ClNO2/c1-12-5-3-6-14(9-12)11-19-17(20)13(2)21-16-8-4-7-15(18)10-16/h3-10,13H,11H2,1-2H3,(H,19,20)/t13-/m0/s1. The zero-order chi connectivity index (χ0) is 15.2. The minimum absolute atomic E-state index is 0.156. The molecule has 1 amide bonds. The molecule has 2 rings (SSSR count). The van der Waals surface area contributed by atoms with Crippen LogP contribution < -0.4 is 10.1 Å². The Morgan fingerprint density at radius 2 is 2.00 bits per heavy atom. The van der Waals surface area contributed by atoms with Crippen LogP contribution in [-0.2, 0) is 11.3 Å². The molecule has 1 N–H and O–H groups in total. The molecule has 0 bridgehead atoms. The van der Waals surface area contributed by atoms with Crippen molar-refractivity contribution in [3.63, 3.8) is 0 Å². The van der Waals surface area contributed by atoms with Gasteiger partial charge in [0.1, 0.15) is 5.75 Å². The molecule has 2 aromatic rings. The molecule has 1 atom stereocenters. The number of benzene rings is 2. The minimum Gasteiger partial charge on any atom is -0.481 e. The van der Waals surface area contributed by atoms with Crippen LogP contribution in [0.2, 0.25) is 5.02 Å². The van der Waals surface area contributed by atoms with Gasteiger partial charge in [-0.25, -0.2) is 0 Å². The maximum atomic E-state index is 12.0. The summed E-state index contributed by atoms with van der Waals surface area (Å²) >= 11 is 5.88. The van der Waals surface area contributed by atoms with Gasteiger partial charge in [0.15, 0.2) is 6.10 Å². The summed E-state index contributed by atoms with van der Waals surface area (Å²) in [5, 5.41) is 3.45. The lowest BCUT2D eigenvalue weighted by molar-refractivity contribution is -0.127. The Balaban J connectivity index is 1.88. The molecule has 0 saturated carbocycles. The molecule has 0 spiro atoms. The molecular formula is C17H18ClNO2. The Morgan fingerprint density at radius 3 is 2.71 bits per heavy atom. The first-order valence-corrected chi connectivity index (χ1v) is 7.18. The lowest BCUT2D eigenvalue weighted by atomic mass is 10.1. The van der Waals surface area contributed by atoms with Gasteiger partial charge in [-0.1, -0.05) is 47.5 Å². The number of rotatable bonds is 5. The molecule has 0 radical (unpaired) electrons. The molecule has 0 fully saturated rings. The molecule has 0 aromatic heterocycles. The predicted octanol–water partition coefficient (Wildman–Crippen LogP) is 3.73. The summed E-state index contributed by atoms with van der Waals surface area (Å²) in [5.41, 5.74) is 2.24. The Kier molecular flexibility index (Phi) is 5.23. The van der Waals surface area contributed by atoms with Crippen molar-refractivity contribution in [3.05, 3.63) is 64.7 Å². The average Bonchev–Trinajstić information content (AvgIpc) is 2.45.